The second-order valence-electron chi connectivity index (χ2n) is 14.9. The summed E-state index contributed by atoms with van der Waals surface area (Å²) in [5, 5.41) is 11.0. The first-order chi connectivity index (χ1) is 25.8. The van der Waals surface area contributed by atoms with E-state index in [4.69, 9.17) is 9.47 Å². The first-order valence-corrected chi connectivity index (χ1v) is 22.8. The SMILES string of the molecule is CCCCCCCCCCCCCCCCCCCCCCCC[C@@H](C(=O)OC)[C@@H](CCCCCS(=O)(=O)c1nnnn1-c1ccccc1)OC(C)=O. The molecule has 0 spiro atoms. The Morgan fingerprint density at radius 1 is 0.660 bits per heavy atom. The molecule has 0 fully saturated rings. The number of para-hydroxylation sites is 1. The van der Waals surface area contributed by atoms with E-state index in [9.17, 15) is 18.0 Å². The molecule has 0 aliphatic heterocycles. The molecule has 0 N–H and O–H groups in total. The Labute approximate surface area is 321 Å². The Kier molecular flexibility index (Phi) is 25.8. The highest BCUT2D eigenvalue weighted by atomic mass is 32.2. The van der Waals surface area contributed by atoms with Crippen molar-refractivity contribution in [3.63, 3.8) is 0 Å². The number of benzene rings is 1. The van der Waals surface area contributed by atoms with Crippen molar-refractivity contribution in [2.24, 2.45) is 5.92 Å². The molecule has 0 aliphatic rings. The van der Waals surface area contributed by atoms with Crippen LogP contribution < -0.4 is 0 Å². The van der Waals surface area contributed by atoms with Gasteiger partial charge in [-0.2, -0.15) is 4.68 Å². The number of hydrogen-bond donors (Lipinski definition) is 0. The predicted molar refractivity (Wildman–Crippen MR) is 213 cm³/mol. The summed E-state index contributed by atoms with van der Waals surface area (Å²) in [7, 11) is -2.35. The third-order valence-electron chi connectivity index (χ3n) is 10.3. The molecule has 0 saturated heterocycles. The van der Waals surface area contributed by atoms with E-state index >= 15 is 0 Å². The van der Waals surface area contributed by atoms with Crippen LogP contribution in [0.25, 0.3) is 5.69 Å². The van der Waals surface area contributed by atoms with E-state index in [1.165, 1.54) is 141 Å². The lowest BCUT2D eigenvalue weighted by Gasteiger charge is -2.25. The number of esters is 2. The number of ether oxygens (including phenoxy) is 2. The standard InChI is InChI=1S/C42H72N4O6S/c1-4-5-6-7-8-9-10-11-12-13-14-15-16-17-18-19-20-21-22-23-24-29-34-39(41(48)51-3)40(52-37(2)47)35-30-26-31-36-53(49,50)42-43-44-45-46(42)38-32-27-25-28-33-38/h25,27-28,32-33,39-40H,4-24,26,29-31,34-36H2,1-3H3/t39-,40-/m1/s1. The smallest absolute Gasteiger partial charge is 0.312 e. The number of aromatic nitrogens is 4. The van der Waals surface area contributed by atoms with Gasteiger partial charge in [0.25, 0.3) is 5.16 Å². The summed E-state index contributed by atoms with van der Waals surface area (Å²) in [5.41, 5.74) is 0.569. The van der Waals surface area contributed by atoms with Crippen LogP contribution in [0.4, 0.5) is 0 Å². The van der Waals surface area contributed by atoms with Crippen LogP contribution in [-0.2, 0) is 28.9 Å². The summed E-state index contributed by atoms with van der Waals surface area (Å²) in [6.07, 6.45) is 31.2. The van der Waals surface area contributed by atoms with Gasteiger partial charge in [-0.05, 0) is 48.2 Å². The Bertz CT molecular complexity index is 1320. The Morgan fingerprint density at radius 2 is 1.11 bits per heavy atom. The van der Waals surface area contributed by atoms with Crippen molar-refractivity contribution in [1.82, 2.24) is 20.2 Å². The highest BCUT2D eigenvalue weighted by Gasteiger charge is 2.31. The molecule has 2 rings (SSSR count). The van der Waals surface area contributed by atoms with Gasteiger partial charge in [-0.3, -0.25) is 9.59 Å². The fourth-order valence-corrected chi connectivity index (χ4v) is 8.48. The van der Waals surface area contributed by atoms with Gasteiger partial charge >= 0.3 is 11.9 Å². The van der Waals surface area contributed by atoms with Crippen molar-refractivity contribution in [1.29, 1.82) is 0 Å². The molecule has 0 amide bonds. The highest BCUT2D eigenvalue weighted by Crippen LogP contribution is 2.25. The zero-order valence-corrected chi connectivity index (χ0v) is 34.3. The van der Waals surface area contributed by atoms with Gasteiger partial charge in [0.1, 0.15) is 6.10 Å². The Balaban J connectivity index is 1.56. The second kappa shape index (κ2) is 29.5. The molecule has 1 aromatic heterocycles. The molecular weight excluding hydrogens is 689 g/mol. The van der Waals surface area contributed by atoms with Gasteiger partial charge in [0.2, 0.25) is 9.84 Å². The lowest BCUT2D eigenvalue weighted by molar-refractivity contribution is -0.160. The molecule has 2 atom stereocenters. The second-order valence-corrected chi connectivity index (χ2v) is 16.9. The first-order valence-electron chi connectivity index (χ1n) is 21.1. The van der Waals surface area contributed by atoms with Crippen molar-refractivity contribution in [3.05, 3.63) is 30.3 Å². The normalized spacial score (nSPS) is 12.8. The number of nitrogens with zero attached hydrogens (tertiary/aromatic N) is 4. The van der Waals surface area contributed by atoms with Crippen molar-refractivity contribution < 1.29 is 27.5 Å². The third kappa shape index (κ3) is 21.0. The lowest BCUT2D eigenvalue weighted by atomic mass is 9.91. The van der Waals surface area contributed by atoms with Crippen LogP contribution in [0.1, 0.15) is 187 Å². The monoisotopic (exact) mass is 761 g/mol. The maximum Gasteiger partial charge on any atom is 0.312 e. The van der Waals surface area contributed by atoms with Crippen LogP contribution in [0, 0.1) is 5.92 Å². The van der Waals surface area contributed by atoms with E-state index < -0.39 is 27.8 Å². The summed E-state index contributed by atoms with van der Waals surface area (Å²) in [5.74, 6) is -1.45. The van der Waals surface area contributed by atoms with E-state index in [0.29, 0.717) is 37.8 Å². The molecule has 10 nitrogen and oxygen atoms in total. The number of sulfone groups is 1. The van der Waals surface area contributed by atoms with E-state index in [1.54, 1.807) is 24.3 Å². The lowest BCUT2D eigenvalue weighted by Crippen LogP contribution is -2.33. The van der Waals surface area contributed by atoms with E-state index in [2.05, 4.69) is 22.4 Å². The van der Waals surface area contributed by atoms with Crippen molar-refractivity contribution >= 4 is 21.8 Å². The van der Waals surface area contributed by atoms with Crippen LogP contribution in [0.5, 0.6) is 0 Å². The zero-order valence-electron chi connectivity index (χ0n) is 33.5. The number of rotatable bonds is 34. The molecule has 0 unspecified atom stereocenters. The van der Waals surface area contributed by atoms with Gasteiger partial charge < -0.3 is 9.47 Å². The Morgan fingerprint density at radius 3 is 1.58 bits per heavy atom. The average molecular weight is 761 g/mol. The molecule has 1 heterocycles. The summed E-state index contributed by atoms with van der Waals surface area (Å²) >= 11 is 0. The van der Waals surface area contributed by atoms with Crippen LogP contribution in [0.2, 0.25) is 0 Å². The van der Waals surface area contributed by atoms with E-state index in [-0.39, 0.29) is 16.9 Å². The summed E-state index contributed by atoms with van der Waals surface area (Å²) in [6, 6.07) is 8.89. The summed E-state index contributed by atoms with van der Waals surface area (Å²) in [4.78, 5) is 24.7. The highest BCUT2D eigenvalue weighted by molar-refractivity contribution is 7.91. The third-order valence-corrected chi connectivity index (χ3v) is 11.9. The average Bonchev–Trinajstić information content (AvgIpc) is 3.66. The zero-order chi connectivity index (χ0) is 38.4. The van der Waals surface area contributed by atoms with Gasteiger partial charge in [0.05, 0.1) is 24.5 Å². The number of tetrazole rings is 1. The quantitative estimate of drug-likeness (QED) is 0.0505. The molecule has 53 heavy (non-hydrogen) atoms. The maximum absolute atomic E-state index is 13.0. The minimum absolute atomic E-state index is 0.113. The number of carbonyl (C=O) groups is 2. The number of carbonyl (C=O) groups excluding carboxylic acids is 2. The minimum Gasteiger partial charge on any atom is -0.469 e. The van der Waals surface area contributed by atoms with Gasteiger partial charge in [-0.1, -0.05) is 178 Å². The van der Waals surface area contributed by atoms with Crippen LogP contribution in [-0.4, -0.2) is 59.5 Å². The van der Waals surface area contributed by atoms with Gasteiger partial charge in [-0.15, -0.1) is 0 Å². The van der Waals surface area contributed by atoms with Crippen LogP contribution in [0.3, 0.4) is 0 Å². The number of unbranched alkanes of at least 4 members (excludes halogenated alkanes) is 23. The van der Waals surface area contributed by atoms with Gasteiger partial charge in [0.15, 0.2) is 0 Å². The fourth-order valence-electron chi connectivity index (χ4n) is 7.15. The van der Waals surface area contributed by atoms with Crippen molar-refractivity contribution in [2.75, 3.05) is 12.9 Å². The van der Waals surface area contributed by atoms with Gasteiger partial charge in [0, 0.05) is 6.92 Å². The molecule has 0 radical (unpaired) electrons. The van der Waals surface area contributed by atoms with Crippen molar-refractivity contribution in [2.45, 2.75) is 198 Å². The Hall–Kier alpha value is -2.82. The van der Waals surface area contributed by atoms with E-state index in [1.807, 2.05) is 6.07 Å². The molecular formula is C42H72N4O6S. The number of methoxy groups -OCH3 is 1. The molecule has 2 aromatic rings. The molecule has 0 aliphatic carbocycles. The van der Waals surface area contributed by atoms with Crippen LogP contribution >= 0.6 is 0 Å². The van der Waals surface area contributed by atoms with Crippen LogP contribution in [0.15, 0.2) is 35.5 Å². The molecule has 0 saturated carbocycles. The molecule has 11 heteroatoms. The topological polar surface area (TPSA) is 130 Å². The molecule has 302 valence electrons. The minimum atomic E-state index is -3.72. The summed E-state index contributed by atoms with van der Waals surface area (Å²) < 4.78 is 38.0. The first kappa shape index (κ1) is 46.3. The summed E-state index contributed by atoms with van der Waals surface area (Å²) in [6.45, 7) is 3.63. The van der Waals surface area contributed by atoms with E-state index in [0.717, 1.165) is 19.3 Å². The maximum atomic E-state index is 13.0. The molecule has 0 bridgehead atoms. The largest absolute Gasteiger partial charge is 0.469 e. The van der Waals surface area contributed by atoms with Crippen molar-refractivity contribution in [3.8, 4) is 5.69 Å². The fraction of sp³-hybridized carbons (Fsp3) is 0.786. The number of hydrogen-bond acceptors (Lipinski definition) is 9. The van der Waals surface area contributed by atoms with Gasteiger partial charge in [-0.25, -0.2) is 8.42 Å². The molecule has 1 aromatic carbocycles. The predicted octanol–water partition coefficient (Wildman–Crippen LogP) is 10.7.